The number of rotatable bonds is 9. The molecule has 0 radical (unpaired) electrons. The SMILES string of the molecule is CCCCCc1ccc(C2CCC(C(=O)Oc3ccc(CCC)cc3C#N)CC2)cc1. The fraction of sp³-hybridized carbons (Fsp3) is 0.500. The van der Waals surface area contributed by atoms with E-state index in [2.05, 4.69) is 44.2 Å². The number of nitriles is 1. The van der Waals surface area contributed by atoms with Crippen molar-refractivity contribution < 1.29 is 9.53 Å². The van der Waals surface area contributed by atoms with Crippen molar-refractivity contribution in [1.82, 2.24) is 0 Å². The molecular weight excluding hydrogens is 382 g/mol. The number of esters is 1. The van der Waals surface area contributed by atoms with Crippen LogP contribution in [0.3, 0.4) is 0 Å². The number of nitrogens with zero attached hydrogens (tertiary/aromatic N) is 1. The molecule has 3 heteroatoms. The summed E-state index contributed by atoms with van der Waals surface area (Å²) in [5, 5.41) is 9.43. The Labute approximate surface area is 187 Å². The first-order valence-electron chi connectivity index (χ1n) is 12.0. The van der Waals surface area contributed by atoms with Gasteiger partial charge in [0.2, 0.25) is 0 Å². The van der Waals surface area contributed by atoms with E-state index in [0.717, 1.165) is 50.5 Å². The highest BCUT2D eigenvalue weighted by molar-refractivity contribution is 5.76. The maximum absolute atomic E-state index is 12.7. The van der Waals surface area contributed by atoms with Crippen molar-refractivity contribution in [3.63, 3.8) is 0 Å². The lowest BCUT2D eigenvalue weighted by molar-refractivity contribution is -0.140. The van der Waals surface area contributed by atoms with Gasteiger partial charge in [0.15, 0.2) is 0 Å². The summed E-state index contributed by atoms with van der Waals surface area (Å²) in [6, 6.07) is 16.9. The second-order valence-corrected chi connectivity index (χ2v) is 8.86. The van der Waals surface area contributed by atoms with E-state index in [1.807, 2.05) is 12.1 Å². The van der Waals surface area contributed by atoms with Crippen LogP contribution in [0.15, 0.2) is 42.5 Å². The third-order valence-electron chi connectivity index (χ3n) is 6.49. The van der Waals surface area contributed by atoms with Crippen LogP contribution in [0.25, 0.3) is 0 Å². The van der Waals surface area contributed by atoms with E-state index in [9.17, 15) is 10.1 Å². The molecule has 1 fully saturated rings. The number of aryl methyl sites for hydroxylation is 2. The van der Waals surface area contributed by atoms with Gasteiger partial charge in [-0.3, -0.25) is 4.79 Å². The second-order valence-electron chi connectivity index (χ2n) is 8.86. The minimum absolute atomic E-state index is 0.0774. The van der Waals surface area contributed by atoms with E-state index in [1.165, 1.54) is 30.4 Å². The Hall–Kier alpha value is -2.60. The van der Waals surface area contributed by atoms with Crippen LogP contribution in [0.2, 0.25) is 0 Å². The average Bonchev–Trinajstić information content (AvgIpc) is 2.81. The summed E-state index contributed by atoms with van der Waals surface area (Å²) in [6.45, 7) is 4.35. The Morgan fingerprint density at radius 1 is 0.935 bits per heavy atom. The van der Waals surface area contributed by atoms with Crippen LogP contribution < -0.4 is 4.74 Å². The first kappa shape index (κ1) is 23.1. The third kappa shape index (κ3) is 6.44. The van der Waals surface area contributed by atoms with Gasteiger partial charge in [-0.15, -0.1) is 0 Å². The number of carbonyl (C=O) groups excluding carboxylic acids is 1. The summed E-state index contributed by atoms with van der Waals surface area (Å²) in [5.74, 6) is 0.653. The second kappa shape index (κ2) is 11.7. The number of benzene rings is 2. The molecule has 0 spiro atoms. The average molecular weight is 418 g/mol. The predicted octanol–water partition coefficient (Wildman–Crippen LogP) is 7.12. The molecule has 0 atom stereocenters. The molecule has 0 amide bonds. The van der Waals surface area contributed by atoms with Gasteiger partial charge in [0.05, 0.1) is 11.5 Å². The maximum Gasteiger partial charge on any atom is 0.314 e. The Kier molecular flexibility index (Phi) is 8.71. The van der Waals surface area contributed by atoms with Crippen molar-refractivity contribution >= 4 is 5.97 Å². The molecular formula is C28H35NO2. The van der Waals surface area contributed by atoms with E-state index in [1.54, 1.807) is 6.07 Å². The zero-order valence-corrected chi connectivity index (χ0v) is 19.0. The van der Waals surface area contributed by atoms with Crippen molar-refractivity contribution in [2.24, 2.45) is 5.92 Å². The first-order chi connectivity index (χ1) is 15.1. The number of unbranched alkanes of at least 4 members (excludes halogenated alkanes) is 2. The van der Waals surface area contributed by atoms with E-state index in [-0.39, 0.29) is 11.9 Å². The molecule has 2 aromatic carbocycles. The Morgan fingerprint density at radius 3 is 2.29 bits per heavy atom. The summed E-state index contributed by atoms with van der Waals surface area (Å²) in [5.41, 5.74) is 4.37. The molecule has 31 heavy (non-hydrogen) atoms. The number of carbonyl (C=O) groups is 1. The van der Waals surface area contributed by atoms with Crippen LogP contribution in [0.5, 0.6) is 5.75 Å². The lowest BCUT2D eigenvalue weighted by atomic mass is 9.78. The van der Waals surface area contributed by atoms with Gasteiger partial charge >= 0.3 is 5.97 Å². The zero-order valence-electron chi connectivity index (χ0n) is 19.0. The molecule has 164 valence electrons. The van der Waals surface area contributed by atoms with Gasteiger partial charge in [0, 0.05) is 0 Å². The van der Waals surface area contributed by atoms with Crippen LogP contribution in [0, 0.1) is 17.2 Å². The summed E-state index contributed by atoms with van der Waals surface area (Å²) in [6.07, 6.45) is 10.6. The standard InChI is InChI=1S/C28H35NO2/c1-3-5-6-8-21-9-12-23(13-10-21)24-14-16-25(17-15-24)28(30)31-27-18-11-22(7-4-2)19-26(27)20-29/h9-13,18-19,24-25H,3-8,14-17H2,1-2H3. The molecule has 0 aromatic heterocycles. The predicted molar refractivity (Wildman–Crippen MR) is 125 cm³/mol. The molecule has 0 heterocycles. The maximum atomic E-state index is 12.7. The minimum Gasteiger partial charge on any atom is -0.425 e. The molecule has 0 aliphatic heterocycles. The van der Waals surface area contributed by atoms with Gasteiger partial charge in [-0.2, -0.15) is 5.26 Å². The van der Waals surface area contributed by atoms with Gasteiger partial charge in [-0.25, -0.2) is 0 Å². The summed E-state index contributed by atoms with van der Waals surface area (Å²) < 4.78 is 5.65. The molecule has 2 aromatic rings. The van der Waals surface area contributed by atoms with Crippen LogP contribution in [-0.2, 0) is 17.6 Å². The number of hydrogen-bond donors (Lipinski definition) is 0. The molecule has 0 bridgehead atoms. The zero-order chi connectivity index (χ0) is 22.1. The van der Waals surface area contributed by atoms with Gasteiger partial charge in [0.25, 0.3) is 0 Å². The van der Waals surface area contributed by atoms with Crippen molar-refractivity contribution in [2.45, 2.75) is 84.0 Å². The number of ether oxygens (including phenoxy) is 1. The monoisotopic (exact) mass is 417 g/mol. The topological polar surface area (TPSA) is 50.1 Å². The lowest BCUT2D eigenvalue weighted by Gasteiger charge is -2.27. The minimum atomic E-state index is -0.190. The van der Waals surface area contributed by atoms with E-state index < -0.39 is 0 Å². The quantitative estimate of drug-likeness (QED) is 0.248. The van der Waals surface area contributed by atoms with Crippen molar-refractivity contribution in [2.75, 3.05) is 0 Å². The van der Waals surface area contributed by atoms with Crippen LogP contribution >= 0.6 is 0 Å². The first-order valence-corrected chi connectivity index (χ1v) is 12.0. The fourth-order valence-corrected chi connectivity index (χ4v) is 4.59. The Morgan fingerprint density at radius 2 is 1.65 bits per heavy atom. The van der Waals surface area contributed by atoms with Crippen LogP contribution in [0.1, 0.15) is 93.4 Å². The summed E-state index contributed by atoms with van der Waals surface area (Å²) in [7, 11) is 0. The summed E-state index contributed by atoms with van der Waals surface area (Å²) >= 11 is 0. The molecule has 0 N–H and O–H groups in total. The Balaban J connectivity index is 1.52. The van der Waals surface area contributed by atoms with Crippen molar-refractivity contribution in [3.8, 4) is 11.8 Å². The molecule has 1 aliphatic carbocycles. The van der Waals surface area contributed by atoms with Crippen LogP contribution in [0.4, 0.5) is 0 Å². The van der Waals surface area contributed by atoms with Gasteiger partial charge in [-0.1, -0.05) is 63.4 Å². The highest BCUT2D eigenvalue weighted by Crippen LogP contribution is 2.37. The molecule has 1 saturated carbocycles. The molecule has 1 aliphatic rings. The normalized spacial score (nSPS) is 18.4. The molecule has 0 saturated heterocycles. The van der Waals surface area contributed by atoms with Crippen LogP contribution in [-0.4, -0.2) is 5.97 Å². The van der Waals surface area contributed by atoms with E-state index in [4.69, 9.17) is 4.74 Å². The summed E-state index contributed by atoms with van der Waals surface area (Å²) in [4.78, 5) is 12.7. The molecule has 0 unspecified atom stereocenters. The molecule has 3 nitrogen and oxygen atoms in total. The highest BCUT2D eigenvalue weighted by Gasteiger charge is 2.29. The Bertz CT molecular complexity index is 886. The van der Waals surface area contributed by atoms with E-state index >= 15 is 0 Å². The third-order valence-corrected chi connectivity index (χ3v) is 6.49. The van der Waals surface area contributed by atoms with Gasteiger partial charge in [0.1, 0.15) is 11.8 Å². The largest absolute Gasteiger partial charge is 0.425 e. The fourth-order valence-electron chi connectivity index (χ4n) is 4.59. The van der Waals surface area contributed by atoms with Crippen molar-refractivity contribution in [3.05, 3.63) is 64.7 Å². The van der Waals surface area contributed by atoms with Gasteiger partial charge in [-0.05, 0) is 79.7 Å². The smallest absolute Gasteiger partial charge is 0.314 e. The number of hydrogen-bond acceptors (Lipinski definition) is 3. The van der Waals surface area contributed by atoms with E-state index in [0.29, 0.717) is 17.2 Å². The van der Waals surface area contributed by atoms with Gasteiger partial charge < -0.3 is 4.74 Å². The molecule has 3 rings (SSSR count). The highest BCUT2D eigenvalue weighted by atomic mass is 16.5. The van der Waals surface area contributed by atoms with Crippen molar-refractivity contribution in [1.29, 1.82) is 5.26 Å². The lowest BCUT2D eigenvalue weighted by Crippen LogP contribution is -2.25.